The van der Waals surface area contributed by atoms with E-state index < -0.39 is 23.4 Å². The lowest BCUT2D eigenvalue weighted by Crippen LogP contribution is -2.54. The minimum atomic E-state index is -0.590. The van der Waals surface area contributed by atoms with Crippen LogP contribution in [-0.4, -0.2) is 28.4 Å². The largest absolute Gasteiger partial charge is 0.334 e. The van der Waals surface area contributed by atoms with Crippen LogP contribution in [0, 0.1) is 0 Å². The summed E-state index contributed by atoms with van der Waals surface area (Å²) in [5.74, 6) is -1.10. The van der Waals surface area contributed by atoms with Crippen LogP contribution in [0.5, 0.6) is 0 Å². The third-order valence-corrected chi connectivity index (χ3v) is 1.51. The molecule has 0 bridgehead atoms. The maximum Gasteiger partial charge on any atom is 0.334 e. The molecule has 2 N–H and O–H groups in total. The standard InChI is InChI=1S/C9H13N3O3/c1-9(2,3)10-8(15)11-12-6(13)4-5-7(12)14/h4-5H,1-3H3,(H2,10,11,15). The Bertz CT molecular complexity index is 323. The summed E-state index contributed by atoms with van der Waals surface area (Å²) in [4.78, 5) is 33.4. The van der Waals surface area contributed by atoms with Crippen molar-refractivity contribution in [2.75, 3.05) is 0 Å². The SMILES string of the molecule is CC(C)(C)NC(=O)NN1C(=O)C=CC1=O. The molecule has 0 unspecified atom stereocenters. The summed E-state index contributed by atoms with van der Waals surface area (Å²) in [6.45, 7) is 5.37. The van der Waals surface area contributed by atoms with Gasteiger partial charge < -0.3 is 5.32 Å². The summed E-state index contributed by atoms with van der Waals surface area (Å²) in [6, 6.07) is -0.590. The Morgan fingerprint density at radius 1 is 1.20 bits per heavy atom. The Labute approximate surface area is 87.3 Å². The molecule has 0 saturated carbocycles. The van der Waals surface area contributed by atoms with Crippen LogP contribution in [0.25, 0.3) is 0 Å². The van der Waals surface area contributed by atoms with Gasteiger partial charge >= 0.3 is 6.03 Å². The molecule has 1 aliphatic rings. The van der Waals surface area contributed by atoms with E-state index in [1.807, 2.05) is 0 Å². The van der Waals surface area contributed by atoms with E-state index in [0.29, 0.717) is 5.01 Å². The second kappa shape index (κ2) is 3.72. The second-order valence-electron chi connectivity index (χ2n) is 4.16. The van der Waals surface area contributed by atoms with Crippen LogP contribution >= 0.6 is 0 Å². The minimum Gasteiger partial charge on any atom is -0.332 e. The molecule has 0 atom stereocenters. The van der Waals surface area contributed by atoms with Gasteiger partial charge in [-0.1, -0.05) is 0 Å². The van der Waals surface area contributed by atoms with Crippen LogP contribution in [0.3, 0.4) is 0 Å². The number of hydrogen-bond donors (Lipinski definition) is 2. The number of hydrogen-bond acceptors (Lipinski definition) is 3. The molecule has 1 rings (SSSR count). The van der Waals surface area contributed by atoms with Gasteiger partial charge in [0.15, 0.2) is 0 Å². The minimum absolute atomic E-state index is 0.427. The molecule has 0 aromatic heterocycles. The Kier molecular flexibility index (Phi) is 2.78. The lowest BCUT2D eigenvalue weighted by atomic mass is 10.1. The normalized spacial score (nSPS) is 15.8. The van der Waals surface area contributed by atoms with E-state index in [1.165, 1.54) is 0 Å². The maximum atomic E-state index is 11.3. The van der Waals surface area contributed by atoms with Crippen LogP contribution in [-0.2, 0) is 9.59 Å². The first-order valence-corrected chi connectivity index (χ1v) is 4.44. The Morgan fingerprint density at radius 2 is 1.67 bits per heavy atom. The molecule has 0 saturated heterocycles. The first-order chi connectivity index (χ1) is 6.79. The summed E-state index contributed by atoms with van der Waals surface area (Å²) in [6.07, 6.45) is 2.19. The van der Waals surface area contributed by atoms with E-state index in [4.69, 9.17) is 0 Å². The average Bonchev–Trinajstić information content (AvgIpc) is 2.32. The van der Waals surface area contributed by atoms with Gasteiger partial charge in [0.2, 0.25) is 0 Å². The highest BCUT2D eigenvalue weighted by Gasteiger charge is 2.26. The molecular formula is C9H13N3O3. The molecule has 0 fully saturated rings. The first-order valence-electron chi connectivity index (χ1n) is 4.44. The monoisotopic (exact) mass is 211 g/mol. The zero-order chi connectivity index (χ0) is 11.6. The number of carbonyl (C=O) groups excluding carboxylic acids is 3. The van der Waals surface area contributed by atoms with E-state index in [9.17, 15) is 14.4 Å². The highest BCUT2D eigenvalue weighted by atomic mass is 16.2. The van der Waals surface area contributed by atoms with Gasteiger partial charge in [-0.3, -0.25) is 9.59 Å². The van der Waals surface area contributed by atoms with Crippen LogP contribution in [0.2, 0.25) is 0 Å². The average molecular weight is 211 g/mol. The summed E-state index contributed by atoms with van der Waals surface area (Å²) in [5, 5.41) is 3.22. The molecule has 6 heteroatoms. The van der Waals surface area contributed by atoms with Gasteiger partial charge in [-0.05, 0) is 20.8 Å². The highest BCUT2D eigenvalue weighted by Crippen LogP contribution is 2.01. The van der Waals surface area contributed by atoms with Crippen LogP contribution in [0.4, 0.5) is 4.79 Å². The molecule has 0 radical (unpaired) electrons. The van der Waals surface area contributed by atoms with E-state index >= 15 is 0 Å². The summed E-state index contributed by atoms with van der Waals surface area (Å²) < 4.78 is 0. The zero-order valence-corrected chi connectivity index (χ0v) is 8.83. The summed E-state index contributed by atoms with van der Waals surface area (Å²) in [7, 11) is 0. The van der Waals surface area contributed by atoms with Gasteiger partial charge in [-0.15, -0.1) is 0 Å². The number of urea groups is 1. The zero-order valence-electron chi connectivity index (χ0n) is 8.83. The number of nitrogens with zero attached hydrogens (tertiary/aromatic N) is 1. The smallest absolute Gasteiger partial charge is 0.332 e. The number of nitrogens with one attached hydrogen (secondary N) is 2. The molecule has 0 aromatic rings. The molecule has 15 heavy (non-hydrogen) atoms. The van der Waals surface area contributed by atoms with Gasteiger partial charge in [0, 0.05) is 17.7 Å². The highest BCUT2D eigenvalue weighted by molar-refractivity contribution is 6.13. The lowest BCUT2D eigenvalue weighted by Gasteiger charge is -2.23. The maximum absolute atomic E-state index is 11.3. The molecule has 82 valence electrons. The van der Waals surface area contributed by atoms with Crippen molar-refractivity contribution in [3.8, 4) is 0 Å². The van der Waals surface area contributed by atoms with Crippen molar-refractivity contribution in [2.24, 2.45) is 0 Å². The van der Waals surface area contributed by atoms with Crippen molar-refractivity contribution in [2.45, 2.75) is 26.3 Å². The van der Waals surface area contributed by atoms with Crippen molar-refractivity contribution < 1.29 is 14.4 Å². The molecule has 0 aromatic carbocycles. The number of carbonyl (C=O) groups is 3. The van der Waals surface area contributed by atoms with Crippen molar-refractivity contribution in [3.05, 3.63) is 12.2 Å². The van der Waals surface area contributed by atoms with Crippen LogP contribution in [0.15, 0.2) is 12.2 Å². The quantitative estimate of drug-likeness (QED) is 0.595. The number of imide groups is 1. The number of amides is 4. The van der Waals surface area contributed by atoms with Gasteiger partial charge in [0.25, 0.3) is 11.8 Å². The van der Waals surface area contributed by atoms with Crippen LogP contribution < -0.4 is 10.7 Å². The van der Waals surface area contributed by atoms with E-state index in [-0.39, 0.29) is 0 Å². The predicted molar refractivity (Wildman–Crippen MR) is 52.4 cm³/mol. The molecule has 0 spiro atoms. The molecule has 0 aliphatic carbocycles. The fraction of sp³-hybridized carbons (Fsp3) is 0.444. The second-order valence-corrected chi connectivity index (χ2v) is 4.16. The number of hydrazine groups is 1. The molecule has 1 heterocycles. The third kappa shape index (κ3) is 3.08. The van der Waals surface area contributed by atoms with E-state index in [1.54, 1.807) is 20.8 Å². The predicted octanol–water partition coefficient (Wildman–Crippen LogP) is -0.0759. The summed E-state index contributed by atoms with van der Waals surface area (Å²) in [5.41, 5.74) is 1.73. The van der Waals surface area contributed by atoms with Gasteiger partial charge in [-0.25, -0.2) is 10.2 Å². The van der Waals surface area contributed by atoms with Crippen molar-refractivity contribution >= 4 is 17.8 Å². The molecule has 6 nitrogen and oxygen atoms in total. The lowest BCUT2D eigenvalue weighted by molar-refractivity contribution is -0.139. The Morgan fingerprint density at radius 3 is 2.07 bits per heavy atom. The van der Waals surface area contributed by atoms with Crippen molar-refractivity contribution in [3.63, 3.8) is 0 Å². The van der Waals surface area contributed by atoms with Gasteiger partial charge in [-0.2, -0.15) is 5.01 Å². The van der Waals surface area contributed by atoms with Crippen molar-refractivity contribution in [1.29, 1.82) is 0 Å². The fourth-order valence-electron chi connectivity index (χ4n) is 0.981. The molecule has 4 amide bonds. The summed E-state index contributed by atoms with van der Waals surface area (Å²) >= 11 is 0. The molecule has 1 aliphatic heterocycles. The van der Waals surface area contributed by atoms with Gasteiger partial charge in [0.05, 0.1) is 0 Å². The first kappa shape index (κ1) is 11.2. The third-order valence-electron chi connectivity index (χ3n) is 1.51. The fourth-order valence-corrected chi connectivity index (χ4v) is 0.981. The molecular weight excluding hydrogens is 198 g/mol. The van der Waals surface area contributed by atoms with E-state index in [0.717, 1.165) is 12.2 Å². The van der Waals surface area contributed by atoms with Crippen LogP contribution in [0.1, 0.15) is 20.8 Å². The van der Waals surface area contributed by atoms with E-state index in [2.05, 4.69) is 10.7 Å². The Hall–Kier alpha value is -1.85. The number of rotatable bonds is 1. The Balaban J connectivity index is 2.53. The topological polar surface area (TPSA) is 78.5 Å². The van der Waals surface area contributed by atoms with Crippen molar-refractivity contribution in [1.82, 2.24) is 15.8 Å². The van der Waals surface area contributed by atoms with Gasteiger partial charge in [0.1, 0.15) is 0 Å².